The average molecular weight is 338 g/mol. The number of rotatable bonds is 3. The van der Waals surface area contributed by atoms with Crippen LogP contribution in [0.4, 0.5) is 5.82 Å². The Morgan fingerprint density at radius 2 is 2.25 bits per heavy atom. The van der Waals surface area contributed by atoms with Gasteiger partial charge in [-0.3, -0.25) is 0 Å². The van der Waals surface area contributed by atoms with Crippen molar-refractivity contribution in [3.05, 3.63) is 16.7 Å². The van der Waals surface area contributed by atoms with Gasteiger partial charge < -0.3 is 15.4 Å². The molecular weight excluding hydrogens is 322 g/mol. The summed E-state index contributed by atoms with van der Waals surface area (Å²) in [4.78, 5) is 15.1. The largest absolute Gasteiger partial charge is 0.462 e. The molecule has 0 spiro atoms. The van der Waals surface area contributed by atoms with Gasteiger partial charge in [-0.05, 0) is 54.5 Å². The molecule has 1 saturated heterocycles. The number of anilines is 1. The highest BCUT2D eigenvalue weighted by Gasteiger charge is 2.21. The van der Waals surface area contributed by atoms with E-state index in [1.165, 1.54) is 6.42 Å². The van der Waals surface area contributed by atoms with Gasteiger partial charge >= 0.3 is 6.01 Å². The van der Waals surface area contributed by atoms with Gasteiger partial charge in [-0.2, -0.15) is 9.97 Å². The third kappa shape index (κ3) is 2.69. The van der Waals surface area contributed by atoms with Crippen molar-refractivity contribution in [3.63, 3.8) is 0 Å². The van der Waals surface area contributed by atoms with Crippen molar-refractivity contribution in [2.24, 2.45) is 0 Å². The summed E-state index contributed by atoms with van der Waals surface area (Å²) in [5.41, 5.74) is 6.46. The van der Waals surface area contributed by atoms with E-state index in [1.54, 1.807) is 0 Å². The van der Waals surface area contributed by atoms with Crippen LogP contribution in [0.1, 0.15) is 12.8 Å². The first-order valence-corrected chi connectivity index (χ1v) is 7.35. The van der Waals surface area contributed by atoms with Crippen LogP contribution in [0.15, 0.2) is 16.7 Å². The SMILES string of the molecule is CN1CCC[C@H]1COc1nc(N)c2ccc(Br)nc2n1. The molecule has 0 aliphatic carbocycles. The maximum atomic E-state index is 5.92. The number of aromatic nitrogens is 3. The normalized spacial score (nSPS) is 19.6. The zero-order chi connectivity index (χ0) is 14.1. The smallest absolute Gasteiger partial charge is 0.320 e. The Kier molecular flexibility index (Phi) is 3.71. The monoisotopic (exact) mass is 337 g/mol. The first kappa shape index (κ1) is 13.5. The van der Waals surface area contributed by atoms with Crippen LogP contribution < -0.4 is 10.5 Å². The Morgan fingerprint density at radius 1 is 1.40 bits per heavy atom. The highest BCUT2D eigenvalue weighted by Crippen LogP contribution is 2.22. The summed E-state index contributed by atoms with van der Waals surface area (Å²) in [7, 11) is 2.11. The molecule has 3 rings (SSSR count). The number of nitrogens with two attached hydrogens (primary N) is 1. The van der Waals surface area contributed by atoms with Crippen LogP contribution in [-0.2, 0) is 0 Å². The molecule has 6 nitrogen and oxygen atoms in total. The third-order valence-corrected chi connectivity index (χ3v) is 4.05. The van der Waals surface area contributed by atoms with Crippen molar-refractivity contribution in [2.75, 3.05) is 25.9 Å². The van der Waals surface area contributed by atoms with Crippen molar-refractivity contribution in [1.29, 1.82) is 0 Å². The summed E-state index contributed by atoms with van der Waals surface area (Å²) in [5.74, 6) is 0.393. The van der Waals surface area contributed by atoms with E-state index in [-0.39, 0.29) is 0 Å². The van der Waals surface area contributed by atoms with Crippen LogP contribution in [0.2, 0.25) is 0 Å². The van der Waals surface area contributed by atoms with Crippen LogP contribution in [-0.4, -0.2) is 46.1 Å². The van der Waals surface area contributed by atoms with E-state index in [0.29, 0.717) is 34.7 Å². The minimum Gasteiger partial charge on any atom is -0.462 e. The summed E-state index contributed by atoms with van der Waals surface area (Å²) in [6.45, 7) is 1.69. The summed E-state index contributed by atoms with van der Waals surface area (Å²) in [6.07, 6.45) is 2.35. The van der Waals surface area contributed by atoms with Gasteiger partial charge in [0.1, 0.15) is 17.0 Å². The van der Waals surface area contributed by atoms with Crippen molar-refractivity contribution < 1.29 is 4.74 Å². The number of likely N-dealkylation sites (tertiary alicyclic amines) is 1. The van der Waals surface area contributed by atoms with E-state index in [1.807, 2.05) is 12.1 Å². The van der Waals surface area contributed by atoms with Gasteiger partial charge in [-0.1, -0.05) is 0 Å². The highest BCUT2D eigenvalue weighted by molar-refractivity contribution is 9.10. The first-order valence-electron chi connectivity index (χ1n) is 6.56. The molecule has 2 aromatic heterocycles. The summed E-state index contributed by atoms with van der Waals surface area (Å²) >= 11 is 3.32. The number of halogens is 1. The molecule has 1 aliphatic rings. The lowest BCUT2D eigenvalue weighted by Crippen LogP contribution is -2.30. The molecule has 0 saturated carbocycles. The van der Waals surface area contributed by atoms with Crippen LogP contribution in [0.3, 0.4) is 0 Å². The molecule has 0 radical (unpaired) electrons. The fourth-order valence-electron chi connectivity index (χ4n) is 2.41. The summed E-state index contributed by atoms with van der Waals surface area (Å²) < 4.78 is 6.40. The minimum absolute atomic E-state index is 0.293. The van der Waals surface area contributed by atoms with E-state index in [4.69, 9.17) is 10.5 Å². The van der Waals surface area contributed by atoms with E-state index in [2.05, 4.69) is 42.8 Å². The molecule has 7 heteroatoms. The Labute approximate surface area is 125 Å². The van der Waals surface area contributed by atoms with Crippen molar-refractivity contribution in [2.45, 2.75) is 18.9 Å². The van der Waals surface area contributed by atoms with Crippen molar-refractivity contribution in [1.82, 2.24) is 19.9 Å². The Bertz CT molecular complexity index is 635. The highest BCUT2D eigenvalue weighted by atomic mass is 79.9. The zero-order valence-electron chi connectivity index (χ0n) is 11.2. The molecule has 0 aromatic carbocycles. The molecule has 0 unspecified atom stereocenters. The lowest BCUT2D eigenvalue weighted by Gasteiger charge is -2.18. The number of hydrogen-bond acceptors (Lipinski definition) is 6. The molecule has 20 heavy (non-hydrogen) atoms. The Balaban J connectivity index is 1.81. The van der Waals surface area contributed by atoms with Gasteiger partial charge in [-0.15, -0.1) is 0 Å². The predicted octanol–water partition coefficient (Wildman–Crippen LogP) is 1.84. The van der Waals surface area contributed by atoms with Gasteiger partial charge in [0.15, 0.2) is 5.65 Å². The fraction of sp³-hybridized carbons (Fsp3) is 0.462. The Hall–Kier alpha value is -1.47. The molecule has 3 heterocycles. The number of fused-ring (bicyclic) bond motifs is 1. The molecule has 106 valence electrons. The topological polar surface area (TPSA) is 77.2 Å². The maximum Gasteiger partial charge on any atom is 0.320 e. The van der Waals surface area contributed by atoms with Gasteiger partial charge in [-0.25, -0.2) is 4.98 Å². The number of nitrogens with zero attached hydrogens (tertiary/aromatic N) is 4. The lowest BCUT2D eigenvalue weighted by atomic mass is 10.2. The molecular formula is C13H16BrN5O. The van der Waals surface area contributed by atoms with Gasteiger partial charge in [0.05, 0.1) is 5.39 Å². The van der Waals surface area contributed by atoms with Gasteiger partial charge in [0.25, 0.3) is 0 Å². The Morgan fingerprint density at radius 3 is 3.00 bits per heavy atom. The van der Waals surface area contributed by atoms with Crippen LogP contribution in [0, 0.1) is 0 Å². The molecule has 0 bridgehead atoms. The molecule has 1 atom stereocenters. The average Bonchev–Trinajstić information content (AvgIpc) is 2.81. The van der Waals surface area contributed by atoms with Crippen LogP contribution in [0.25, 0.3) is 11.0 Å². The second-order valence-corrected chi connectivity index (χ2v) is 5.80. The standard InChI is InChI=1S/C13H16BrN5O/c1-19-6-2-3-8(19)7-20-13-17-11(15)9-4-5-10(14)16-12(9)18-13/h4-5,8H,2-3,6-7H2,1H3,(H2,15,16,17,18)/t8-/m0/s1. The summed E-state index contributed by atoms with van der Waals surface area (Å²) in [5, 5.41) is 0.735. The molecule has 1 aliphatic heterocycles. The van der Waals surface area contributed by atoms with E-state index in [9.17, 15) is 0 Å². The number of hydrogen-bond donors (Lipinski definition) is 1. The molecule has 2 aromatic rings. The second kappa shape index (κ2) is 5.49. The van der Waals surface area contributed by atoms with E-state index in [0.717, 1.165) is 18.4 Å². The lowest BCUT2D eigenvalue weighted by molar-refractivity contribution is 0.188. The minimum atomic E-state index is 0.293. The second-order valence-electron chi connectivity index (χ2n) is 4.98. The quantitative estimate of drug-likeness (QED) is 0.861. The maximum absolute atomic E-state index is 5.92. The number of pyridine rings is 1. The van der Waals surface area contributed by atoms with Crippen molar-refractivity contribution in [3.8, 4) is 6.01 Å². The fourth-order valence-corrected chi connectivity index (χ4v) is 2.71. The number of likely N-dealkylation sites (N-methyl/N-ethyl adjacent to an activating group) is 1. The summed E-state index contributed by atoms with van der Waals surface area (Å²) in [6, 6.07) is 4.37. The number of ether oxygens (including phenoxy) is 1. The third-order valence-electron chi connectivity index (χ3n) is 3.61. The number of nitrogen functional groups attached to an aromatic ring is 1. The zero-order valence-corrected chi connectivity index (χ0v) is 12.8. The van der Waals surface area contributed by atoms with Crippen LogP contribution in [0.5, 0.6) is 6.01 Å². The van der Waals surface area contributed by atoms with E-state index < -0.39 is 0 Å². The van der Waals surface area contributed by atoms with Crippen molar-refractivity contribution >= 4 is 32.8 Å². The molecule has 0 amide bonds. The van der Waals surface area contributed by atoms with Gasteiger partial charge in [0, 0.05) is 6.04 Å². The first-order chi connectivity index (χ1) is 9.63. The molecule has 1 fully saturated rings. The molecule has 2 N–H and O–H groups in total. The van der Waals surface area contributed by atoms with Gasteiger partial charge in [0.2, 0.25) is 0 Å². The predicted molar refractivity (Wildman–Crippen MR) is 80.6 cm³/mol. The van der Waals surface area contributed by atoms with Crippen LogP contribution >= 0.6 is 15.9 Å². The van der Waals surface area contributed by atoms with E-state index >= 15 is 0 Å².